The van der Waals surface area contributed by atoms with Crippen LogP contribution in [0, 0.1) is 0 Å². The standard InChI is InChI=1S/C3H4O2.HO2P/c1-2-3(4)5;1-3-2/h2H,1H2,(H,4,5);3H/p+1. The predicted octanol–water partition coefficient (Wildman–Crippen LogP) is 0.175. The molecule has 0 bridgehead atoms. The Kier molecular flexibility index (Phi) is 12.3. The summed E-state index contributed by atoms with van der Waals surface area (Å²) in [5.74, 6) is -0.981. The first-order valence-electron chi connectivity index (χ1n) is 1.55. The predicted molar refractivity (Wildman–Crippen MR) is 29.1 cm³/mol. The molecule has 0 aromatic heterocycles. The maximum Gasteiger partial charge on any atom is 0.491 e. The van der Waals surface area contributed by atoms with Crippen molar-refractivity contribution in [3.8, 4) is 0 Å². The van der Waals surface area contributed by atoms with E-state index in [0.29, 0.717) is 0 Å². The maximum atomic E-state index is 9.25. The fourth-order valence-corrected chi connectivity index (χ4v) is 0. The van der Waals surface area contributed by atoms with Gasteiger partial charge in [0.15, 0.2) is 0 Å². The first-order chi connectivity index (χ1) is 3.68. The summed E-state index contributed by atoms with van der Waals surface area (Å²) >= 11 is 0. The number of hydrogen-bond acceptors (Lipinski definition) is 2. The molecule has 0 fully saturated rings. The number of aliphatic carboxylic acids is 1. The minimum absolute atomic E-state index is 0.833. The third kappa shape index (κ3) is 59.6. The molecule has 0 radical (unpaired) electrons. The number of carbonyl (C=O) groups is 1. The van der Waals surface area contributed by atoms with E-state index in [1.54, 1.807) is 0 Å². The lowest BCUT2D eigenvalue weighted by Crippen LogP contribution is -1.82. The van der Waals surface area contributed by atoms with Gasteiger partial charge < -0.3 is 5.11 Å². The smallest absolute Gasteiger partial charge is 0.478 e. The van der Waals surface area contributed by atoms with Crippen LogP contribution in [0.3, 0.4) is 0 Å². The summed E-state index contributed by atoms with van der Waals surface area (Å²) in [7, 11) is -1.17. The quantitative estimate of drug-likeness (QED) is 0.399. The second-order valence-corrected chi connectivity index (χ2v) is 0.816. The van der Waals surface area contributed by atoms with Gasteiger partial charge in [-0.1, -0.05) is 6.58 Å². The van der Waals surface area contributed by atoms with Crippen molar-refractivity contribution in [3.05, 3.63) is 12.7 Å². The highest BCUT2D eigenvalue weighted by atomic mass is 31.1. The summed E-state index contributed by atoms with van der Waals surface area (Å²) in [5.41, 5.74) is 0. The van der Waals surface area contributed by atoms with E-state index in [1.165, 1.54) is 0 Å². The Hall–Kier alpha value is -0.730. The SMILES string of the molecule is C=CC(=O)O.O=[PH+]O. The highest BCUT2D eigenvalue weighted by Gasteiger charge is 1.73. The van der Waals surface area contributed by atoms with Crippen LogP contribution in [0.15, 0.2) is 12.7 Å². The molecule has 0 aromatic rings. The van der Waals surface area contributed by atoms with E-state index in [-0.39, 0.29) is 0 Å². The largest absolute Gasteiger partial charge is 0.491 e. The maximum absolute atomic E-state index is 9.25. The lowest BCUT2D eigenvalue weighted by molar-refractivity contribution is -0.131. The van der Waals surface area contributed by atoms with E-state index in [9.17, 15) is 4.79 Å². The zero-order valence-corrected chi connectivity index (χ0v) is 5.00. The molecule has 4 nitrogen and oxygen atoms in total. The topological polar surface area (TPSA) is 74.6 Å². The minimum Gasteiger partial charge on any atom is -0.478 e. The first kappa shape index (κ1) is 10.3. The van der Waals surface area contributed by atoms with Crippen LogP contribution in [-0.2, 0) is 9.36 Å². The summed E-state index contributed by atoms with van der Waals surface area (Å²) in [4.78, 5) is 16.3. The van der Waals surface area contributed by atoms with Gasteiger partial charge in [0.1, 0.15) is 0 Å². The molecule has 0 aromatic carbocycles. The van der Waals surface area contributed by atoms with Crippen molar-refractivity contribution in [2.24, 2.45) is 0 Å². The number of carboxylic acids is 1. The van der Waals surface area contributed by atoms with Gasteiger partial charge in [0, 0.05) is 6.08 Å². The zero-order valence-electron chi connectivity index (χ0n) is 4.00. The molecular weight excluding hydrogens is 131 g/mol. The van der Waals surface area contributed by atoms with Crippen molar-refractivity contribution >= 4 is 14.7 Å². The van der Waals surface area contributed by atoms with Gasteiger partial charge >= 0.3 is 14.7 Å². The van der Waals surface area contributed by atoms with E-state index in [1.807, 2.05) is 0 Å². The molecule has 1 atom stereocenters. The molecular formula is C3H6O4P+. The van der Waals surface area contributed by atoms with Crippen LogP contribution < -0.4 is 0 Å². The van der Waals surface area contributed by atoms with E-state index in [2.05, 4.69) is 6.58 Å². The molecule has 46 valence electrons. The lowest BCUT2D eigenvalue weighted by atomic mass is 10.7. The fourth-order valence-electron chi connectivity index (χ4n) is 0. The van der Waals surface area contributed by atoms with Crippen LogP contribution in [0.4, 0.5) is 0 Å². The Morgan fingerprint density at radius 2 is 1.88 bits per heavy atom. The van der Waals surface area contributed by atoms with Gasteiger partial charge in [-0.15, -0.1) is 0 Å². The van der Waals surface area contributed by atoms with Gasteiger partial charge in [-0.3, -0.25) is 0 Å². The molecule has 0 saturated carbocycles. The Morgan fingerprint density at radius 3 is 1.88 bits per heavy atom. The van der Waals surface area contributed by atoms with Gasteiger partial charge in [0.2, 0.25) is 0 Å². The Morgan fingerprint density at radius 1 is 1.75 bits per heavy atom. The normalized spacial score (nSPS) is 6.62. The van der Waals surface area contributed by atoms with E-state index in [0.717, 1.165) is 6.08 Å². The van der Waals surface area contributed by atoms with Gasteiger partial charge in [-0.05, 0) is 4.57 Å². The molecule has 0 saturated heterocycles. The van der Waals surface area contributed by atoms with Crippen LogP contribution in [-0.4, -0.2) is 16.0 Å². The first-order valence-corrected chi connectivity index (χ1v) is 2.41. The number of carboxylic acid groups (broad SMARTS) is 1. The molecule has 2 N–H and O–H groups in total. The average molecular weight is 137 g/mol. The second-order valence-electron chi connectivity index (χ2n) is 0.634. The minimum atomic E-state index is -1.17. The van der Waals surface area contributed by atoms with E-state index in [4.69, 9.17) is 14.6 Å². The zero-order chi connectivity index (χ0) is 6.99. The molecule has 0 spiro atoms. The Bertz CT molecular complexity index is 89.3. The lowest BCUT2D eigenvalue weighted by Gasteiger charge is -1.64. The molecule has 0 aliphatic heterocycles. The van der Waals surface area contributed by atoms with Crippen molar-refractivity contribution in [1.82, 2.24) is 0 Å². The number of rotatable bonds is 1. The summed E-state index contributed by atoms with van der Waals surface area (Å²) in [6.45, 7) is 2.96. The van der Waals surface area contributed by atoms with Crippen LogP contribution >= 0.6 is 8.69 Å². The third-order valence-electron chi connectivity index (χ3n) is 0.175. The van der Waals surface area contributed by atoms with Gasteiger partial charge in [-0.2, -0.15) is 4.89 Å². The highest BCUT2D eigenvalue weighted by Crippen LogP contribution is 1.66. The molecule has 0 aliphatic rings. The summed E-state index contributed by atoms with van der Waals surface area (Å²) in [5, 5.41) is 7.60. The molecule has 0 aliphatic carbocycles. The molecule has 1 unspecified atom stereocenters. The van der Waals surface area contributed by atoms with Crippen molar-refractivity contribution in [3.63, 3.8) is 0 Å². The molecule has 0 amide bonds. The van der Waals surface area contributed by atoms with Gasteiger partial charge in [0.05, 0.1) is 0 Å². The highest BCUT2D eigenvalue weighted by molar-refractivity contribution is 7.16. The molecule has 8 heavy (non-hydrogen) atoms. The molecule has 0 rings (SSSR count). The van der Waals surface area contributed by atoms with Crippen LogP contribution in [0.5, 0.6) is 0 Å². The van der Waals surface area contributed by atoms with E-state index < -0.39 is 14.7 Å². The van der Waals surface area contributed by atoms with Gasteiger partial charge in [-0.25, -0.2) is 4.79 Å². The summed E-state index contributed by atoms with van der Waals surface area (Å²) < 4.78 is 8.51. The number of hydrogen-bond donors (Lipinski definition) is 2. The molecule has 5 heteroatoms. The van der Waals surface area contributed by atoms with Crippen molar-refractivity contribution in [2.75, 3.05) is 0 Å². The summed E-state index contributed by atoms with van der Waals surface area (Å²) in [6.07, 6.45) is 0.833. The Balaban J connectivity index is 0. The van der Waals surface area contributed by atoms with Crippen molar-refractivity contribution in [1.29, 1.82) is 0 Å². The van der Waals surface area contributed by atoms with Crippen LogP contribution in [0.25, 0.3) is 0 Å². The average Bonchev–Trinajstić information content (AvgIpc) is 1.69. The monoisotopic (exact) mass is 137 g/mol. The van der Waals surface area contributed by atoms with Crippen LogP contribution in [0.1, 0.15) is 0 Å². The van der Waals surface area contributed by atoms with Crippen LogP contribution in [0.2, 0.25) is 0 Å². The van der Waals surface area contributed by atoms with E-state index >= 15 is 0 Å². The van der Waals surface area contributed by atoms with Gasteiger partial charge in [0.25, 0.3) is 0 Å². The third-order valence-corrected chi connectivity index (χ3v) is 0.175. The van der Waals surface area contributed by atoms with Crippen molar-refractivity contribution in [2.45, 2.75) is 0 Å². The second kappa shape index (κ2) is 9.55. The molecule has 0 heterocycles. The Labute approximate surface area is 47.7 Å². The fraction of sp³-hybridized carbons (Fsp3) is 0. The summed E-state index contributed by atoms with van der Waals surface area (Å²) in [6, 6.07) is 0. The van der Waals surface area contributed by atoms with Crippen molar-refractivity contribution < 1.29 is 19.4 Å².